The van der Waals surface area contributed by atoms with Crippen molar-refractivity contribution in [2.45, 2.75) is 59.2 Å². The second kappa shape index (κ2) is 8.35. The Morgan fingerprint density at radius 1 is 1.37 bits per heavy atom. The number of aromatic nitrogens is 2. The van der Waals surface area contributed by atoms with E-state index < -0.39 is 0 Å². The van der Waals surface area contributed by atoms with E-state index >= 15 is 0 Å². The molecule has 2 aromatic heterocycles. The van der Waals surface area contributed by atoms with Crippen LogP contribution in [0.5, 0.6) is 0 Å². The Morgan fingerprint density at radius 3 is 2.78 bits per heavy atom. The van der Waals surface area contributed by atoms with Gasteiger partial charge in [-0.15, -0.1) is 11.3 Å². The average Bonchev–Trinajstić information content (AvgIpc) is 2.89. The van der Waals surface area contributed by atoms with Crippen LogP contribution in [0.4, 0.5) is 0 Å². The van der Waals surface area contributed by atoms with Crippen molar-refractivity contribution in [3.63, 3.8) is 0 Å². The predicted octanol–water partition coefficient (Wildman–Crippen LogP) is 4.08. The van der Waals surface area contributed by atoms with E-state index in [-0.39, 0.29) is 11.5 Å². The fourth-order valence-electron chi connectivity index (χ4n) is 3.58. The summed E-state index contributed by atoms with van der Waals surface area (Å²) in [5, 5.41) is 1.40. The van der Waals surface area contributed by atoms with Gasteiger partial charge in [0.1, 0.15) is 4.83 Å². The number of carbonyl (C=O) groups is 1. The third-order valence-corrected chi connectivity index (χ3v) is 7.20. The first-order chi connectivity index (χ1) is 12.8. The van der Waals surface area contributed by atoms with Crippen LogP contribution in [0.15, 0.2) is 9.95 Å². The Morgan fingerprint density at radius 2 is 2.11 bits per heavy atom. The Labute approximate surface area is 169 Å². The standard InChI is InChI=1S/C20H29N3O2S2/c1-12(2)9-23-19(25)17-14(4)15(5)27-18(17)21-20(23)26-11-16(24)22-8-6-7-13(3)10-22/h12-13H,6-11H2,1-5H3/t13-/m0/s1. The lowest BCUT2D eigenvalue weighted by molar-refractivity contribution is -0.130. The van der Waals surface area contributed by atoms with E-state index in [0.717, 1.165) is 40.2 Å². The zero-order valence-electron chi connectivity index (χ0n) is 16.9. The molecule has 1 aliphatic rings. The number of thiophene rings is 1. The van der Waals surface area contributed by atoms with Gasteiger partial charge in [-0.25, -0.2) is 4.98 Å². The van der Waals surface area contributed by atoms with Gasteiger partial charge >= 0.3 is 0 Å². The normalized spacial score (nSPS) is 17.9. The minimum atomic E-state index is 0.0251. The van der Waals surface area contributed by atoms with Gasteiger partial charge in [-0.05, 0) is 44.1 Å². The highest BCUT2D eigenvalue weighted by Crippen LogP contribution is 2.29. The number of hydrogen-bond donors (Lipinski definition) is 0. The minimum absolute atomic E-state index is 0.0251. The quantitative estimate of drug-likeness (QED) is 0.553. The number of nitrogens with zero attached hydrogens (tertiary/aromatic N) is 3. The molecule has 0 unspecified atom stereocenters. The highest BCUT2D eigenvalue weighted by Gasteiger charge is 2.23. The van der Waals surface area contributed by atoms with Crippen LogP contribution in [0.1, 0.15) is 44.1 Å². The molecule has 0 aliphatic carbocycles. The molecule has 3 heterocycles. The smallest absolute Gasteiger partial charge is 0.263 e. The van der Waals surface area contributed by atoms with Gasteiger partial charge in [-0.2, -0.15) is 0 Å². The first-order valence-corrected chi connectivity index (χ1v) is 11.5. The summed E-state index contributed by atoms with van der Waals surface area (Å²) in [4.78, 5) is 34.4. The molecule has 0 bridgehead atoms. The molecule has 1 aliphatic heterocycles. The molecule has 3 rings (SSSR count). The number of likely N-dealkylation sites (tertiary alicyclic amines) is 1. The number of rotatable bonds is 5. The lowest BCUT2D eigenvalue weighted by atomic mass is 10.0. The number of hydrogen-bond acceptors (Lipinski definition) is 5. The molecule has 5 nitrogen and oxygen atoms in total. The zero-order chi connectivity index (χ0) is 19.7. The molecule has 1 fully saturated rings. The number of fused-ring (bicyclic) bond motifs is 1. The van der Waals surface area contributed by atoms with Crippen molar-refractivity contribution < 1.29 is 4.79 Å². The molecule has 0 saturated carbocycles. The molecule has 1 amide bonds. The van der Waals surface area contributed by atoms with Crippen LogP contribution >= 0.6 is 23.1 Å². The van der Waals surface area contributed by atoms with Crippen molar-refractivity contribution in [1.82, 2.24) is 14.5 Å². The Bertz CT molecular complexity index is 901. The summed E-state index contributed by atoms with van der Waals surface area (Å²) in [5.41, 5.74) is 1.05. The maximum atomic E-state index is 13.1. The van der Waals surface area contributed by atoms with Crippen LogP contribution in [0.3, 0.4) is 0 Å². The van der Waals surface area contributed by atoms with Crippen molar-refractivity contribution in [1.29, 1.82) is 0 Å². The molecule has 1 atom stereocenters. The van der Waals surface area contributed by atoms with Crippen molar-refractivity contribution in [2.24, 2.45) is 11.8 Å². The lowest BCUT2D eigenvalue weighted by Crippen LogP contribution is -2.40. The van der Waals surface area contributed by atoms with Crippen LogP contribution in [0.2, 0.25) is 0 Å². The maximum Gasteiger partial charge on any atom is 0.263 e. The van der Waals surface area contributed by atoms with E-state index in [4.69, 9.17) is 4.98 Å². The maximum absolute atomic E-state index is 13.1. The summed E-state index contributed by atoms with van der Waals surface area (Å²) in [6.45, 7) is 12.7. The molecular formula is C20H29N3O2S2. The molecule has 148 valence electrons. The number of carbonyl (C=O) groups excluding carboxylic acids is 1. The van der Waals surface area contributed by atoms with Crippen LogP contribution in [0.25, 0.3) is 10.2 Å². The van der Waals surface area contributed by atoms with E-state index in [1.54, 1.807) is 15.9 Å². The third-order valence-electron chi connectivity index (χ3n) is 5.14. The molecule has 0 aromatic carbocycles. The summed E-state index contributed by atoms with van der Waals surface area (Å²) >= 11 is 2.97. The molecule has 27 heavy (non-hydrogen) atoms. The van der Waals surface area contributed by atoms with E-state index in [1.807, 2.05) is 18.7 Å². The van der Waals surface area contributed by atoms with Gasteiger partial charge in [0, 0.05) is 24.5 Å². The van der Waals surface area contributed by atoms with Crippen LogP contribution in [-0.4, -0.2) is 39.2 Å². The number of piperidine rings is 1. The van der Waals surface area contributed by atoms with E-state index in [1.165, 1.54) is 18.2 Å². The highest BCUT2D eigenvalue weighted by atomic mass is 32.2. The molecule has 7 heteroatoms. The highest BCUT2D eigenvalue weighted by molar-refractivity contribution is 7.99. The van der Waals surface area contributed by atoms with E-state index in [9.17, 15) is 9.59 Å². The van der Waals surface area contributed by atoms with Crippen LogP contribution in [0, 0.1) is 25.7 Å². The van der Waals surface area contributed by atoms with Gasteiger partial charge in [0.05, 0.1) is 11.1 Å². The van der Waals surface area contributed by atoms with Gasteiger partial charge in [-0.3, -0.25) is 14.2 Å². The third kappa shape index (κ3) is 4.40. The van der Waals surface area contributed by atoms with Crippen molar-refractivity contribution in [3.05, 3.63) is 20.8 Å². The second-order valence-corrected chi connectivity index (χ2v) is 10.2. The summed E-state index contributed by atoms with van der Waals surface area (Å²) in [7, 11) is 0. The first-order valence-electron chi connectivity index (χ1n) is 9.69. The fourth-order valence-corrected chi connectivity index (χ4v) is 5.56. The predicted molar refractivity (Wildman–Crippen MR) is 114 cm³/mol. The van der Waals surface area contributed by atoms with Crippen molar-refractivity contribution >= 4 is 39.2 Å². The van der Waals surface area contributed by atoms with Crippen LogP contribution in [-0.2, 0) is 11.3 Å². The summed E-state index contributed by atoms with van der Waals surface area (Å²) < 4.78 is 1.77. The van der Waals surface area contributed by atoms with E-state index in [2.05, 4.69) is 20.8 Å². The van der Waals surface area contributed by atoms with Gasteiger partial charge in [0.2, 0.25) is 5.91 Å². The summed E-state index contributed by atoms with van der Waals surface area (Å²) in [6, 6.07) is 0. The van der Waals surface area contributed by atoms with Gasteiger partial charge in [-0.1, -0.05) is 32.5 Å². The average molecular weight is 408 g/mol. The largest absolute Gasteiger partial charge is 0.342 e. The van der Waals surface area contributed by atoms with Gasteiger partial charge in [0.25, 0.3) is 5.56 Å². The summed E-state index contributed by atoms with van der Waals surface area (Å²) in [5.74, 6) is 1.39. The van der Waals surface area contributed by atoms with Crippen molar-refractivity contribution in [3.8, 4) is 0 Å². The SMILES string of the molecule is Cc1sc2nc(SCC(=O)N3CCC[C@H](C)C3)n(CC(C)C)c(=O)c2c1C. The fraction of sp³-hybridized carbons (Fsp3) is 0.650. The van der Waals surface area contributed by atoms with Crippen molar-refractivity contribution in [2.75, 3.05) is 18.8 Å². The molecule has 0 spiro atoms. The zero-order valence-corrected chi connectivity index (χ0v) is 18.5. The minimum Gasteiger partial charge on any atom is -0.342 e. The van der Waals surface area contributed by atoms with Gasteiger partial charge < -0.3 is 4.90 Å². The second-order valence-electron chi connectivity index (χ2n) is 8.04. The topological polar surface area (TPSA) is 55.2 Å². The Kier molecular flexibility index (Phi) is 6.31. The Balaban J connectivity index is 1.88. The number of thioether (sulfide) groups is 1. The molecule has 1 saturated heterocycles. The van der Waals surface area contributed by atoms with E-state index in [0.29, 0.717) is 29.3 Å². The monoisotopic (exact) mass is 407 g/mol. The van der Waals surface area contributed by atoms with Gasteiger partial charge in [0.15, 0.2) is 5.16 Å². The number of amides is 1. The summed E-state index contributed by atoms with van der Waals surface area (Å²) in [6.07, 6.45) is 2.27. The molecule has 0 radical (unpaired) electrons. The molecule has 0 N–H and O–H groups in total. The first kappa shape index (κ1) is 20.4. The van der Waals surface area contributed by atoms with Crippen LogP contribution < -0.4 is 5.56 Å². The lowest BCUT2D eigenvalue weighted by Gasteiger charge is -2.30. The molecular weight excluding hydrogens is 378 g/mol. The number of aryl methyl sites for hydroxylation is 2. The molecule has 2 aromatic rings. The Hall–Kier alpha value is -1.34.